The lowest BCUT2D eigenvalue weighted by Gasteiger charge is -2.12. The van der Waals surface area contributed by atoms with E-state index in [2.05, 4.69) is 10.1 Å². The summed E-state index contributed by atoms with van der Waals surface area (Å²) >= 11 is -2.01. The highest BCUT2D eigenvalue weighted by atomic mass is 32.2. The smallest absolute Gasteiger partial charge is 0.364 e. The van der Waals surface area contributed by atoms with E-state index in [1.807, 2.05) is 0 Å². The largest absolute Gasteiger partial charge is 0.607 e. The maximum atomic E-state index is 13.9. The maximum absolute atomic E-state index is 13.9. The van der Waals surface area contributed by atoms with Gasteiger partial charge in [-0.1, -0.05) is 18.2 Å². The molecule has 20 heavy (non-hydrogen) atoms. The molecule has 0 radical (unpaired) electrons. The molecule has 8 heteroatoms. The van der Waals surface area contributed by atoms with Crippen LogP contribution in [0.2, 0.25) is 0 Å². The Morgan fingerprint density at radius 2 is 2.15 bits per heavy atom. The first-order chi connectivity index (χ1) is 9.61. The van der Waals surface area contributed by atoms with Crippen molar-refractivity contribution >= 4 is 11.2 Å². The van der Waals surface area contributed by atoms with E-state index in [4.69, 9.17) is 0 Å². The highest BCUT2D eigenvalue weighted by Crippen LogP contribution is 2.40. The van der Waals surface area contributed by atoms with Gasteiger partial charge in [0.2, 0.25) is 0 Å². The Morgan fingerprint density at radius 1 is 1.40 bits per heavy atom. The zero-order chi connectivity index (χ0) is 14.3. The van der Waals surface area contributed by atoms with Crippen LogP contribution < -0.4 is 0 Å². The van der Waals surface area contributed by atoms with Crippen molar-refractivity contribution in [3.05, 3.63) is 41.5 Å². The molecule has 1 aromatic carbocycles. The van der Waals surface area contributed by atoms with Gasteiger partial charge >= 0.3 is 5.16 Å². The molecule has 2 heterocycles. The minimum atomic E-state index is -2.01. The topological polar surface area (TPSA) is 53.8 Å². The number of rotatable bonds is 3. The molecule has 1 aliphatic rings. The summed E-state index contributed by atoms with van der Waals surface area (Å²) in [5, 5.41) is 3.61. The molecule has 0 bridgehead atoms. The minimum Gasteiger partial charge on any atom is -0.607 e. The fourth-order valence-electron chi connectivity index (χ4n) is 2.31. The van der Waals surface area contributed by atoms with E-state index in [1.165, 1.54) is 22.9 Å². The lowest BCUT2D eigenvalue weighted by atomic mass is 10.0. The van der Waals surface area contributed by atoms with Gasteiger partial charge in [-0.2, -0.15) is 9.37 Å². The van der Waals surface area contributed by atoms with Crippen LogP contribution in [0, 0.1) is 5.82 Å². The monoisotopic (exact) mass is 301 g/mol. The van der Waals surface area contributed by atoms with Crippen molar-refractivity contribution in [3.63, 3.8) is 0 Å². The number of nitrogens with zero attached hydrogens (tertiary/aromatic N) is 3. The van der Waals surface area contributed by atoms with Crippen LogP contribution in [-0.4, -0.2) is 25.3 Å². The van der Waals surface area contributed by atoms with E-state index in [9.17, 15) is 17.7 Å². The summed E-state index contributed by atoms with van der Waals surface area (Å²) in [5.74, 6) is -0.503. The molecule has 0 amide bonds. The number of benzene rings is 1. The van der Waals surface area contributed by atoms with Gasteiger partial charge in [0.25, 0.3) is 6.01 Å². The number of alkyl halides is 2. The van der Waals surface area contributed by atoms with Crippen LogP contribution in [-0.2, 0) is 11.2 Å². The third-order valence-corrected chi connectivity index (χ3v) is 3.99. The molecule has 4 nitrogen and oxygen atoms in total. The number of aromatic nitrogens is 3. The summed E-state index contributed by atoms with van der Waals surface area (Å²) in [6.45, 7) is 0. The molecule has 106 valence electrons. The quantitative estimate of drug-likeness (QED) is 0.818. The van der Waals surface area contributed by atoms with Crippen LogP contribution in [0.25, 0.3) is 0 Å². The van der Waals surface area contributed by atoms with Crippen LogP contribution >= 0.6 is 0 Å². The van der Waals surface area contributed by atoms with Gasteiger partial charge in [0.15, 0.2) is 12.0 Å². The first-order valence-corrected chi connectivity index (χ1v) is 7.23. The third-order valence-electron chi connectivity index (χ3n) is 3.21. The zero-order valence-electron chi connectivity index (χ0n) is 10.2. The molecular weight excluding hydrogens is 291 g/mol. The summed E-state index contributed by atoms with van der Waals surface area (Å²) in [6.07, 6.45) is -1.42. The van der Waals surface area contributed by atoms with Crippen LogP contribution in [0.4, 0.5) is 13.2 Å². The molecule has 0 aliphatic carbocycles. The van der Waals surface area contributed by atoms with Gasteiger partial charge in [0.05, 0.1) is 17.2 Å². The Hall–Kier alpha value is -1.54. The van der Waals surface area contributed by atoms with Gasteiger partial charge in [-0.15, -0.1) is 5.10 Å². The van der Waals surface area contributed by atoms with Crippen molar-refractivity contribution in [3.8, 4) is 0 Å². The van der Waals surface area contributed by atoms with E-state index >= 15 is 0 Å². The molecule has 0 fully saturated rings. The van der Waals surface area contributed by atoms with Crippen LogP contribution in [0.3, 0.4) is 0 Å². The molecular formula is C12H10F3N3OS. The van der Waals surface area contributed by atoms with E-state index in [1.54, 1.807) is 6.07 Å². The highest BCUT2D eigenvalue weighted by Gasteiger charge is 2.38. The van der Waals surface area contributed by atoms with Gasteiger partial charge in [-0.05, 0) is 6.07 Å². The first-order valence-electron chi connectivity index (χ1n) is 5.91. The molecule has 0 N–H and O–H groups in total. The lowest BCUT2D eigenvalue weighted by molar-refractivity contribution is 0.325. The van der Waals surface area contributed by atoms with E-state index in [-0.39, 0.29) is 23.0 Å². The fourth-order valence-corrected chi connectivity index (χ4v) is 2.78. The summed E-state index contributed by atoms with van der Waals surface area (Å²) < 4.78 is 52.6. The summed E-state index contributed by atoms with van der Waals surface area (Å²) in [5.41, 5.74) is 0.288. The second-order valence-electron chi connectivity index (χ2n) is 4.39. The highest BCUT2D eigenvalue weighted by molar-refractivity contribution is 7.91. The van der Waals surface area contributed by atoms with Crippen LogP contribution in [0.15, 0.2) is 29.4 Å². The number of hydrogen-bond donors (Lipinski definition) is 0. The first kappa shape index (κ1) is 13.4. The Kier molecular flexibility index (Phi) is 3.43. The SMILES string of the molecule is [O-][S@@+](CF)c1nc2n(n1)[C@H](c1ccccc1F)C[C@@H]2F. The predicted octanol–water partition coefficient (Wildman–Crippen LogP) is 2.46. The molecule has 3 atom stereocenters. The third kappa shape index (κ3) is 2.08. The average Bonchev–Trinajstić information content (AvgIpc) is 3.00. The Balaban J connectivity index is 2.03. The number of fused-ring (bicyclic) bond motifs is 1. The molecule has 0 spiro atoms. The van der Waals surface area contributed by atoms with Crippen molar-refractivity contribution in [2.24, 2.45) is 0 Å². The van der Waals surface area contributed by atoms with Crippen molar-refractivity contribution in [2.45, 2.75) is 23.8 Å². The molecule has 0 unspecified atom stereocenters. The van der Waals surface area contributed by atoms with Gasteiger partial charge in [-0.25, -0.2) is 13.5 Å². The van der Waals surface area contributed by atoms with Gasteiger partial charge < -0.3 is 4.55 Å². The Morgan fingerprint density at radius 3 is 2.85 bits per heavy atom. The molecule has 2 aromatic rings. The molecule has 1 aliphatic heterocycles. The predicted molar refractivity (Wildman–Crippen MR) is 65.4 cm³/mol. The molecule has 0 saturated carbocycles. The number of halogens is 3. The molecule has 3 rings (SSSR count). The maximum Gasteiger partial charge on any atom is 0.364 e. The average molecular weight is 301 g/mol. The van der Waals surface area contributed by atoms with E-state index in [0.29, 0.717) is 0 Å². The summed E-state index contributed by atoms with van der Waals surface area (Å²) in [7, 11) is 0. The fraction of sp³-hybridized carbons (Fsp3) is 0.333. The van der Waals surface area contributed by atoms with E-state index < -0.39 is 35.2 Å². The standard InChI is InChI=1S/C12H10F3N3OS/c13-6-20(19)12-16-11-9(15)5-10(18(11)17-12)7-3-1-2-4-8(7)14/h1-4,9-10H,5-6H2/t9-,10-,20-/m0/s1. The lowest BCUT2D eigenvalue weighted by Crippen LogP contribution is -2.11. The van der Waals surface area contributed by atoms with E-state index in [0.717, 1.165) is 0 Å². The van der Waals surface area contributed by atoms with Gasteiger partial charge in [-0.3, -0.25) is 0 Å². The molecule has 0 saturated heterocycles. The van der Waals surface area contributed by atoms with Crippen molar-refractivity contribution < 1.29 is 17.7 Å². The number of hydrogen-bond acceptors (Lipinski definition) is 3. The van der Waals surface area contributed by atoms with Gasteiger partial charge in [0, 0.05) is 12.0 Å². The molecule has 1 aromatic heterocycles. The van der Waals surface area contributed by atoms with Crippen molar-refractivity contribution in [1.29, 1.82) is 0 Å². The second-order valence-corrected chi connectivity index (χ2v) is 5.67. The summed E-state index contributed by atoms with van der Waals surface area (Å²) in [6, 6.07) is 4.20. The minimum absolute atomic E-state index is 0.0127. The van der Waals surface area contributed by atoms with Gasteiger partial charge in [0.1, 0.15) is 5.82 Å². The Bertz CT molecular complexity index is 636. The Labute approximate surface area is 115 Å². The normalized spacial score (nSPS) is 22.8. The van der Waals surface area contributed by atoms with Crippen molar-refractivity contribution in [1.82, 2.24) is 14.8 Å². The van der Waals surface area contributed by atoms with Crippen LogP contribution in [0.5, 0.6) is 0 Å². The van der Waals surface area contributed by atoms with Crippen LogP contribution in [0.1, 0.15) is 30.0 Å². The summed E-state index contributed by atoms with van der Waals surface area (Å²) in [4.78, 5) is 3.76. The zero-order valence-corrected chi connectivity index (χ0v) is 11.0. The van der Waals surface area contributed by atoms with Crippen molar-refractivity contribution in [2.75, 3.05) is 6.01 Å². The second kappa shape index (κ2) is 5.10.